The van der Waals surface area contributed by atoms with E-state index in [4.69, 9.17) is 5.73 Å². The van der Waals surface area contributed by atoms with Gasteiger partial charge in [0, 0.05) is 6.04 Å². The number of aromatic nitrogens is 2. The molecule has 0 bridgehead atoms. The lowest BCUT2D eigenvalue weighted by molar-refractivity contribution is -0.119. The summed E-state index contributed by atoms with van der Waals surface area (Å²) in [6.45, 7) is 8.00. The number of carbonyl (C=O) groups is 2. The average Bonchev–Trinajstić information content (AvgIpc) is 2.60. The standard InChI is InChI=1S/C20H28N4O3S/c1-12(2)8-7-9-13(3)24-18(26)15-10-5-6-11-16(15)22-20(24)28-14(4)17(25)23-19(21)27/h5-6,10-14H,7-9H2,1-4H3,(H3,21,23,25,27). The van der Waals surface area contributed by atoms with Gasteiger partial charge in [-0.15, -0.1) is 0 Å². The van der Waals surface area contributed by atoms with E-state index >= 15 is 0 Å². The van der Waals surface area contributed by atoms with Crippen LogP contribution in [0.2, 0.25) is 0 Å². The van der Waals surface area contributed by atoms with Gasteiger partial charge in [0.2, 0.25) is 5.91 Å². The maximum atomic E-state index is 13.2. The zero-order chi connectivity index (χ0) is 20.8. The van der Waals surface area contributed by atoms with Crippen LogP contribution in [0.3, 0.4) is 0 Å². The van der Waals surface area contributed by atoms with E-state index in [1.54, 1.807) is 23.6 Å². The van der Waals surface area contributed by atoms with Gasteiger partial charge in [0.05, 0.1) is 16.2 Å². The largest absolute Gasteiger partial charge is 0.351 e. The quantitative estimate of drug-likeness (QED) is 0.517. The van der Waals surface area contributed by atoms with E-state index in [-0.39, 0.29) is 11.6 Å². The first-order valence-corrected chi connectivity index (χ1v) is 10.4. The van der Waals surface area contributed by atoms with E-state index < -0.39 is 17.2 Å². The van der Waals surface area contributed by atoms with Crippen molar-refractivity contribution in [3.8, 4) is 0 Å². The van der Waals surface area contributed by atoms with Crippen LogP contribution in [0, 0.1) is 5.92 Å². The number of hydrogen-bond acceptors (Lipinski definition) is 5. The monoisotopic (exact) mass is 404 g/mol. The first-order chi connectivity index (χ1) is 13.2. The molecule has 3 amide bonds. The second-order valence-electron chi connectivity index (χ2n) is 7.37. The summed E-state index contributed by atoms with van der Waals surface area (Å²) < 4.78 is 1.67. The van der Waals surface area contributed by atoms with Crippen molar-refractivity contribution in [1.82, 2.24) is 14.9 Å². The van der Waals surface area contributed by atoms with Gasteiger partial charge in [0.25, 0.3) is 5.56 Å². The Bertz CT molecular complexity index is 910. The molecule has 152 valence electrons. The first-order valence-electron chi connectivity index (χ1n) is 9.49. The minimum absolute atomic E-state index is 0.0581. The number of amides is 3. The van der Waals surface area contributed by atoms with Crippen LogP contribution in [0.25, 0.3) is 10.9 Å². The van der Waals surface area contributed by atoms with E-state index in [2.05, 4.69) is 24.1 Å². The number of benzene rings is 1. The van der Waals surface area contributed by atoms with Crippen LogP contribution >= 0.6 is 11.8 Å². The first kappa shape index (κ1) is 21.9. The maximum Gasteiger partial charge on any atom is 0.318 e. The fourth-order valence-electron chi connectivity index (χ4n) is 2.98. The van der Waals surface area contributed by atoms with E-state index in [9.17, 15) is 14.4 Å². The Morgan fingerprint density at radius 2 is 1.86 bits per heavy atom. The molecule has 7 nitrogen and oxygen atoms in total. The van der Waals surface area contributed by atoms with Gasteiger partial charge in [-0.05, 0) is 38.3 Å². The highest BCUT2D eigenvalue weighted by molar-refractivity contribution is 8.00. The normalized spacial score (nSPS) is 13.5. The van der Waals surface area contributed by atoms with Crippen LogP contribution < -0.4 is 16.6 Å². The number of fused-ring (bicyclic) bond motifs is 1. The van der Waals surface area contributed by atoms with Gasteiger partial charge in [-0.2, -0.15) is 0 Å². The Morgan fingerprint density at radius 1 is 1.18 bits per heavy atom. The van der Waals surface area contributed by atoms with Gasteiger partial charge in [-0.1, -0.05) is 50.6 Å². The number of rotatable bonds is 8. The van der Waals surface area contributed by atoms with Crippen LogP contribution in [0.4, 0.5) is 4.79 Å². The zero-order valence-corrected chi connectivity index (χ0v) is 17.6. The van der Waals surface area contributed by atoms with Crippen LogP contribution in [-0.2, 0) is 4.79 Å². The molecule has 0 aliphatic rings. The van der Waals surface area contributed by atoms with Gasteiger partial charge in [0.15, 0.2) is 5.16 Å². The van der Waals surface area contributed by atoms with Crippen LogP contribution in [0.15, 0.2) is 34.2 Å². The summed E-state index contributed by atoms with van der Waals surface area (Å²) in [5.74, 6) is 0.0870. The molecule has 1 heterocycles. The Balaban J connectivity index is 2.40. The van der Waals surface area contributed by atoms with Gasteiger partial charge >= 0.3 is 6.03 Å². The smallest absolute Gasteiger partial charge is 0.318 e. The average molecular weight is 405 g/mol. The highest BCUT2D eigenvalue weighted by Gasteiger charge is 2.22. The SMILES string of the molecule is CC(C)CCCC(C)n1c(SC(C)C(=O)NC(N)=O)nc2ccccc2c1=O. The van der Waals surface area contributed by atoms with Crippen molar-refractivity contribution >= 4 is 34.6 Å². The number of primary amides is 1. The number of hydrogen-bond donors (Lipinski definition) is 2. The molecular formula is C20H28N4O3S. The second-order valence-corrected chi connectivity index (χ2v) is 8.68. The van der Waals surface area contributed by atoms with Crippen molar-refractivity contribution in [3.63, 3.8) is 0 Å². The number of carbonyl (C=O) groups excluding carboxylic acids is 2. The highest BCUT2D eigenvalue weighted by atomic mass is 32.2. The van der Waals surface area contributed by atoms with Crippen molar-refractivity contribution < 1.29 is 9.59 Å². The molecule has 0 saturated heterocycles. The number of nitrogens with two attached hydrogens (primary N) is 1. The summed E-state index contributed by atoms with van der Waals surface area (Å²) in [7, 11) is 0. The highest BCUT2D eigenvalue weighted by Crippen LogP contribution is 2.27. The summed E-state index contributed by atoms with van der Waals surface area (Å²) in [4.78, 5) is 40.8. The summed E-state index contributed by atoms with van der Waals surface area (Å²) in [5, 5.41) is 2.46. The molecule has 28 heavy (non-hydrogen) atoms. The summed E-state index contributed by atoms with van der Waals surface area (Å²) in [5.41, 5.74) is 5.50. The molecule has 3 N–H and O–H groups in total. The maximum absolute atomic E-state index is 13.2. The number of nitrogens with one attached hydrogen (secondary N) is 1. The lowest BCUT2D eigenvalue weighted by Crippen LogP contribution is -2.39. The summed E-state index contributed by atoms with van der Waals surface area (Å²) >= 11 is 1.15. The van der Waals surface area contributed by atoms with E-state index in [1.807, 2.05) is 19.1 Å². The summed E-state index contributed by atoms with van der Waals surface area (Å²) in [6.07, 6.45) is 2.92. The fraction of sp³-hybridized carbons (Fsp3) is 0.500. The van der Waals surface area contributed by atoms with Gasteiger partial charge < -0.3 is 5.73 Å². The lowest BCUT2D eigenvalue weighted by Gasteiger charge is -2.21. The predicted octanol–water partition coefficient (Wildman–Crippen LogP) is 3.46. The summed E-state index contributed by atoms with van der Waals surface area (Å²) in [6, 6.07) is 6.22. The minimum atomic E-state index is -0.900. The number of para-hydroxylation sites is 1. The van der Waals surface area contributed by atoms with Gasteiger partial charge in [-0.25, -0.2) is 9.78 Å². The fourth-order valence-corrected chi connectivity index (χ4v) is 3.99. The Hall–Kier alpha value is -2.35. The third kappa shape index (κ3) is 5.58. The molecule has 1 aromatic carbocycles. The molecular weight excluding hydrogens is 376 g/mol. The third-order valence-corrected chi connectivity index (χ3v) is 5.58. The third-order valence-electron chi connectivity index (χ3n) is 4.52. The number of urea groups is 1. The minimum Gasteiger partial charge on any atom is -0.351 e. The van der Waals surface area contributed by atoms with E-state index in [0.717, 1.165) is 31.0 Å². The van der Waals surface area contributed by atoms with E-state index in [0.29, 0.717) is 22.0 Å². The Kier molecular flexibility index (Phi) is 7.62. The number of nitrogens with zero attached hydrogens (tertiary/aromatic N) is 2. The van der Waals surface area contributed by atoms with Gasteiger partial charge in [0.1, 0.15) is 0 Å². The van der Waals surface area contributed by atoms with Crippen molar-refractivity contribution in [2.24, 2.45) is 11.7 Å². The molecule has 8 heteroatoms. The molecule has 0 aliphatic heterocycles. The molecule has 2 atom stereocenters. The van der Waals surface area contributed by atoms with E-state index in [1.165, 1.54) is 0 Å². The molecule has 0 radical (unpaired) electrons. The molecule has 2 aromatic rings. The van der Waals surface area contributed by atoms with Crippen LogP contribution in [0.1, 0.15) is 53.0 Å². The van der Waals surface area contributed by atoms with Crippen molar-refractivity contribution in [3.05, 3.63) is 34.6 Å². The molecule has 0 fully saturated rings. The van der Waals surface area contributed by atoms with Crippen molar-refractivity contribution in [1.29, 1.82) is 0 Å². The molecule has 2 rings (SSSR count). The van der Waals surface area contributed by atoms with Gasteiger partial charge in [-0.3, -0.25) is 19.5 Å². The molecule has 0 saturated carbocycles. The second kappa shape index (κ2) is 9.73. The lowest BCUT2D eigenvalue weighted by atomic mass is 10.0. The molecule has 1 aromatic heterocycles. The molecule has 0 aliphatic carbocycles. The molecule has 2 unspecified atom stereocenters. The van der Waals surface area contributed by atoms with Crippen LogP contribution in [-0.4, -0.2) is 26.7 Å². The van der Waals surface area contributed by atoms with Crippen LogP contribution in [0.5, 0.6) is 0 Å². The van der Waals surface area contributed by atoms with Crippen molar-refractivity contribution in [2.45, 2.75) is 63.4 Å². The van der Waals surface area contributed by atoms with Crippen molar-refractivity contribution in [2.75, 3.05) is 0 Å². The zero-order valence-electron chi connectivity index (χ0n) is 16.8. The number of imide groups is 1. The Morgan fingerprint density at radius 3 is 2.50 bits per heavy atom. The topological polar surface area (TPSA) is 107 Å². The predicted molar refractivity (Wildman–Crippen MR) is 112 cm³/mol. The number of thioether (sulfide) groups is 1. The molecule has 0 spiro atoms. The Labute approximate surface area is 169 Å².